The highest BCUT2D eigenvalue weighted by molar-refractivity contribution is 5.33. The third-order valence-electron chi connectivity index (χ3n) is 1.57. The molecule has 1 rings (SSSR count). The van der Waals surface area contributed by atoms with E-state index in [1.54, 1.807) is 24.3 Å². The van der Waals surface area contributed by atoms with Crippen molar-refractivity contribution >= 4 is 0 Å². The van der Waals surface area contributed by atoms with Gasteiger partial charge in [-0.1, -0.05) is 18.2 Å². The first-order valence-corrected chi connectivity index (χ1v) is 3.64. The van der Waals surface area contributed by atoms with Crippen molar-refractivity contribution in [2.75, 3.05) is 7.11 Å². The van der Waals surface area contributed by atoms with E-state index < -0.39 is 6.43 Å². The monoisotopic (exact) mass is 172 g/mol. The second kappa shape index (κ2) is 4.04. The summed E-state index contributed by atoms with van der Waals surface area (Å²) in [5.74, 6) is 0.526. The van der Waals surface area contributed by atoms with Crippen LogP contribution in [0.3, 0.4) is 0 Å². The Bertz CT molecular complexity index is 248. The molecule has 1 aromatic carbocycles. The summed E-state index contributed by atoms with van der Waals surface area (Å²) < 4.78 is 28.9. The number of para-hydroxylation sites is 1. The number of benzene rings is 1. The summed E-state index contributed by atoms with van der Waals surface area (Å²) in [5.41, 5.74) is 0.551. The molecule has 0 unspecified atom stereocenters. The zero-order valence-electron chi connectivity index (χ0n) is 6.76. The minimum Gasteiger partial charge on any atom is -0.496 e. The molecule has 0 aliphatic carbocycles. The van der Waals surface area contributed by atoms with Crippen LogP contribution in [0.5, 0.6) is 5.75 Å². The van der Waals surface area contributed by atoms with Crippen molar-refractivity contribution in [3.63, 3.8) is 0 Å². The first-order chi connectivity index (χ1) is 5.74. The van der Waals surface area contributed by atoms with Crippen molar-refractivity contribution in [2.24, 2.45) is 0 Å². The Morgan fingerprint density at radius 3 is 2.58 bits per heavy atom. The zero-order valence-corrected chi connectivity index (χ0v) is 6.76. The fourth-order valence-electron chi connectivity index (χ4n) is 1.04. The zero-order chi connectivity index (χ0) is 8.97. The third kappa shape index (κ3) is 2.19. The van der Waals surface area contributed by atoms with Crippen molar-refractivity contribution < 1.29 is 13.5 Å². The molecule has 0 aliphatic heterocycles. The second-order valence-electron chi connectivity index (χ2n) is 2.41. The molecule has 3 heteroatoms. The van der Waals surface area contributed by atoms with E-state index in [1.165, 1.54) is 7.11 Å². The van der Waals surface area contributed by atoms with Crippen molar-refractivity contribution in [3.8, 4) is 5.75 Å². The predicted molar refractivity (Wildman–Crippen MR) is 42.7 cm³/mol. The lowest BCUT2D eigenvalue weighted by Crippen LogP contribution is -1.99. The summed E-state index contributed by atoms with van der Waals surface area (Å²) in [6.07, 6.45) is -2.56. The van der Waals surface area contributed by atoms with Gasteiger partial charge in [-0.15, -0.1) is 0 Å². The maximum Gasteiger partial charge on any atom is 0.242 e. The number of methoxy groups -OCH3 is 1. The summed E-state index contributed by atoms with van der Waals surface area (Å²) in [5, 5.41) is 0. The Kier molecular flexibility index (Phi) is 3.02. The molecule has 0 bridgehead atoms. The van der Waals surface area contributed by atoms with Gasteiger partial charge in [-0.05, 0) is 11.6 Å². The predicted octanol–water partition coefficient (Wildman–Crippen LogP) is 2.50. The van der Waals surface area contributed by atoms with Gasteiger partial charge in [0.05, 0.1) is 7.11 Å². The number of rotatable bonds is 3. The van der Waals surface area contributed by atoms with Crippen LogP contribution < -0.4 is 4.74 Å². The number of hydrogen-bond acceptors (Lipinski definition) is 1. The van der Waals surface area contributed by atoms with Gasteiger partial charge in [0, 0.05) is 6.42 Å². The summed E-state index contributed by atoms with van der Waals surface area (Å²) in [6, 6.07) is 6.80. The van der Waals surface area contributed by atoms with Crippen LogP contribution in [0.15, 0.2) is 24.3 Å². The molecular formula is C9H10F2O. The standard InChI is InChI=1S/C9H10F2O/c1-12-8-5-3-2-4-7(8)6-9(10)11/h2-5,9H,6H2,1H3. The van der Waals surface area contributed by atoms with E-state index in [1.807, 2.05) is 0 Å². The highest BCUT2D eigenvalue weighted by Crippen LogP contribution is 2.19. The maximum atomic E-state index is 12.0. The molecule has 1 aromatic rings. The van der Waals surface area contributed by atoms with Crippen LogP contribution in [0.1, 0.15) is 5.56 Å². The van der Waals surface area contributed by atoms with E-state index in [0.29, 0.717) is 11.3 Å². The first-order valence-electron chi connectivity index (χ1n) is 3.64. The lowest BCUT2D eigenvalue weighted by Gasteiger charge is -2.06. The average molecular weight is 172 g/mol. The molecule has 0 aliphatic rings. The van der Waals surface area contributed by atoms with E-state index in [4.69, 9.17) is 4.74 Å². The Balaban J connectivity index is 2.82. The summed E-state index contributed by atoms with van der Waals surface area (Å²) in [7, 11) is 1.48. The normalized spacial score (nSPS) is 10.3. The van der Waals surface area contributed by atoms with Crippen LogP contribution in [0.2, 0.25) is 0 Å². The molecule has 0 radical (unpaired) electrons. The van der Waals surface area contributed by atoms with Gasteiger partial charge >= 0.3 is 0 Å². The minimum absolute atomic E-state index is 0.246. The van der Waals surface area contributed by atoms with Crippen molar-refractivity contribution in [1.29, 1.82) is 0 Å². The molecule has 0 amide bonds. The second-order valence-corrected chi connectivity index (χ2v) is 2.41. The van der Waals surface area contributed by atoms with Gasteiger partial charge in [-0.25, -0.2) is 8.78 Å². The first kappa shape index (κ1) is 8.97. The van der Waals surface area contributed by atoms with E-state index >= 15 is 0 Å². The van der Waals surface area contributed by atoms with E-state index in [0.717, 1.165) is 0 Å². The quantitative estimate of drug-likeness (QED) is 0.680. The summed E-state index contributed by atoms with van der Waals surface area (Å²) in [4.78, 5) is 0. The number of alkyl halides is 2. The lowest BCUT2D eigenvalue weighted by molar-refractivity contribution is 0.148. The largest absolute Gasteiger partial charge is 0.496 e. The van der Waals surface area contributed by atoms with Gasteiger partial charge in [0.15, 0.2) is 0 Å². The molecule has 0 aromatic heterocycles. The molecule has 12 heavy (non-hydrogen) atoms. The smallest absolute Gasteiger partial charge is 0.242 e. The van der Waals surface area contributed by atoms with Crippen LogP contribution in [-0.2, 0) is 6.42 Å². The molecule has 0 heterocycles. The molecule has 0 saturated heterocycles. The van der Waals surface area contributed by atoms with Crippen LogP contribution in [0.4, 0.5) is 8.78 Å². The molecule has 0 saturated carbocycles. The number of halogens is 2. The molecule has 0 fully saturated rings. The Morgan fingerprint density at radius 2 is 2.00 bits per heavy atom. The fraction of sp³-hybridized carbons (Fsp3) is 0.333. The molecule has 0 N–H and O–H groups in total. The fourth-order valence-corrected chi connectivity index (χ4v) is 1.04. The van der Waals surface area contributed by atoms with Crippen molar-refractivity contribution in [2.45, 2.75) is 12.8 Å². The Morgan fingerprint density at radius 1 is 1.33 bits per heavy atom. The average Bonchev–Trinajstić information content (AvgIpc) is 2.04. The van der Waals surface area contributed by atoms with Crippen LogP contribution in [0, 0.1) is 0 Å². The van der Waals surface area contributed by atoms with Gasteiger partial charge in [-0.2, -0.15) is 0 Å². The van der Waals surface area contributed by atoms with Crippen molar-refractivity contribution in [3.05, 3.63) is 29.8 Å². The molecule has 0 spiro atoms. The summed E-state index contributed by atoms with van der Waals surface area (Å²) >= 11 is 0. The van der Waals surface area contributed by atoms with Gasteiger partial charge in [0.1, 0.15) is 5.75 Å². The highest BCUT2D eigenvalue weighted by Gasteiger charge is 2.08. The van der Waals surface area contributed by atoms with Crippen LogP contribution >= 0.6 is 0 Å². The molecule has 0 atom stereocenters. The number of hydrogen-bond donors (Lipinski definition) is 0. The van der Waals surface area contributed by atoms with Crippen LogP contribution in [0.25, 0.3) is 0 Å². The Hall–Kier alpha value is -1.12. The van der Waals surface area contributed by atoms with E-state index in [-0.39, 0.29) is 6.42 Å². The van der Waals surface area contributed by atoms with E-state index in [9.17, 15) is 8.78 Å². The SMILES string of the molecule is COc1ccccc1CC(F)F. The molecule has 66 valence electrons. The molecule has 1 nitrogen and oxygen atoms in total. The van der Waals surface area contributed by atoms with Gasteiger partial charge in [0.2, 0.25) is 6.43 Å². The molecular weight excluding hydrogens is 162 g/mol. The van der Waals surface area contributed by atoms with Crippen LogP contribution in [-0.4, -0.2) is 13.5 Å². The van der Waals surface area contributed by atoms with Gasteiger partial charge in [0.25, 0.3) is 0 Å². The maximum absolute atomic E-state index is 12.0. The van der Waals surface area contributed by atoms with Gasteiger partial charge < -0.3 is 4.74 Å². The lowest BCUT2D eigenvalue weighted by atomic mass is 10.1. The minimum atomic E-state index is -2.32. The number of ether oxygens (including phenoxy) is 1. The third-order valence-corrected chi connectivity index (χ3v) is 1.57. The van der Waals surface area contributed by atoms with E-state index in [2.05, 4.69) is 0 Å². The topological polar surface area (TPSA) is 9.23 Å². The van der Waals surface area contributed by atoms with Gasteiger partial charge in [-0.3, -0.25) is 0 Å². The highest BCUT2D eigenvalue weighted by atomic mass is 19.3. The summed E-state index contributed by atoms with van der Waals surface area (Å²) in [6.45, 7) is 0. The Labute approximate surface area is 70.0 Å². The van der Waals surface area contributed by atoms with Crippen molar-refractivity contribution in [1.82, 2.24) is 0 Å².